The van der Waals surface area contributed by atoms with Gasteiger partial charge in [-0.2, -0.15) is 0 Å². The van der Waals surface area contributed by atoms with E-state index >= 15 is 0 Å². The number of carbonyl (C=O) groups is 2. The maximum atomic E-state index is 9.12. The molecule has 0 rings (SSSR count). The van der Waals surface area contributed by atoms with Gasteiger partial charge < -0.3 is 20.4 Å². The van der Waals surface area contributed by atoms with Crippen molar-refractivity contribution in [2.75, 3.05) is 13.2 Å². The van der Waals surface area contributed by atoms with Gasteiger partial charge in [0.05, 0.1) is 0 Å². The molecule has 4 N–H and O–H groups in total. The Balaban J connectivity index is -0.000000107. The minimum atomic E-state index is -1.19. The van der Waals surface area contributed by atoms with Crippen LogP contribution in [-0.4, -0.2) is 45.6 Å². The first kappa shape index (κ1) is 16.8. The maximum Gasteiger partial charge on any atom is 0.329 e. The maximum absolute atomic E-state index is 9.12. The third-order valence-corrected chi connectivity index (χ3v) is 0.271. The van der Waals surface area contributed by atoms with E-state index in [4.69, 9.17) is 30.0 Å². The van der Waals surface area contributed by atoms with Crippen LogP contribution in [0.25, 0.3) is 0 Å². The zero-order valence-electron chi connectivity index (χ0n) is 5.73. The standard InChI is InChI=1S/2C2H4O3.Zn/c2*3-1-2(4)5;/h2*3H,1H2,(H,4,5);. The van der Waals surface area contributed by atoms with E-state index in [1.807, 2.05) is 0 Å². The van der Waals surface area contributed by atoms with Crippen molar-refractivity contribution in [3.8, 4) is 0 Å². The molecule has 0 aromatic carbocycles. The molecule has 7 heteroatoms. The summed E-state index contributed by atoms with van der Waals surface area (Å²) in [6.45, 7) is -1.56. The van der Waals surface area contributed by atoms with Crippen molar-refractivity contribution in [2.45, 2.75) is 0 Å². The largest absolute Gasteiger partial charge is 0.480 e. The number of carboxylic acids is 2. The topological polar surface area (TPSA) is 115 Å². The van der Waals surface area contributed by atoms with Gasteiger partial charge in [-0.05, 0) is 0 Å². The molecular formula is C4H8O6Zn. The van der Waals surface area contributed by atoms with Crippen LogP contribution in [0.15, 0.2) is 0 Å². The van der Waals surface area contributed by atoms with Crippen molar-refractivity contribution in [2.24, 2.45) is 0 Å². The van der Waals surface area contributed by atoms with Gasteiger partial charge in [-0.25, -0.2) is 9.59 Å². The molecule has 0 aliphatic carbocycles. The Hall–Kier alpha value is -0.517. The summed E-state index contributed by atoms with van der Waals surface area (Å²) in [4.78, 5) is 18.2. The Morgan fingerprint density at radius 2 is 1.00 bits per heavy atom. The smallest absolute Gasteiger partial charge is 0.329 e. The Morgan fingerprint density at radius 3 is 1.00 bits per heavy atom. The number of hydrogen-bond donors (Lipinski definition) is 4. The first-order valence-corrected chi connectivity index (χ1v) is 2.20. The Bertz CT molecular complexity index is 99.1. The van der Waals surface area contributed by atoms with Gasteiger partial charge in [0.1, 0.15) is 13.2 Å². The molecule has 0 saturated heterocycles. The van der Waals surface area contributed by atoms with Crippen LogP contribution in [0.1, 0.15) is 0 Å². The first-order valence-electron chi connectivity index (χ1n) is 2.20. The minimum absolute atomic E-state index is 0. The van der Waals surface area contributed by atoms with E-state index in [9.17, 15) is 0 Å². The Kier molecular flexibility index (Phi) is 18.7. The van der Waals surface area contributed by atoms with Gasteiger partial charge in [-0.3, -0.25) is 0 Å². The average Bonchev–Trinajstić information content (AvgIpc) is 1.89. The van der Waals surface area contributed by atoms with E-state index in [-0.39, 0.29) is 19.5 Å². The molecule has 0 heterocycles. The zero-order chi connectivity index (χ0) is 8.57. The van der Waals surface area contributed by atoms with Gasteiger partial charge in [-0.1, -0.05) is 0 Å². The number of aliphatic hydroxyl groups excluding tert-OH is 2. The monoisotopic (exact) mass is 216 g/mol. The van der Waals surface area contributed by atoms with Crippen molar-refractivity contribution in [3.05, 3.63) is 0 Å². The third kappa shape index (κ3) is 43.8. The summed E-state index contributed by atoms with van der Waals surface area (Å²) >= 11 is 0. The molecule has 0 saturated carbocycles. The first-order chi connectivity index (χ1) is 4.54. The predicted molar refractivity (Wildman–Crippen MR) is 29.4 cm³/mol. The Morgan fingerprint density at radius 1 is 0.909 bits per heavy atom. The van der Waals surface area contributed by atoms with Crippen LogP contribution in [0.2, 0.25) is 0 Å². The van der Waals surface area contributed by atoms with Gasteiger partial charge >= 0.3 is 11.9 Å². The SMILES string of the molecule is O=C(O)CO.O=C(O)CO.[Zn]. The van der Waals surface area contributed by atoms with E-state index in [0.29, 0.717) is 0 Å². The van der Waals surface area contributed by atoms with Crippen LogP contribution in [0.5, 0.6) is 0 Å². The second-order valence-electron chi connectivity index (χ2n) is 1.10. The molecule has 0 aliphatic heterocycles. The molecule has 62 valence electrons. The van der Waals surface area contributed by atoms with Crippen LogP contribution < -0.4 is 0 Å². The fraction of sp³-hybridized carbons (Fsp3) is 0.500. The van der Waals surface area contributed by atoms with Crippen LogP contribution in [-0.2, 0) is 29.1 Å². The molecule has 0 aromatic rings. The number of hydrogen-bond acceptors (Lipinski definition) is 4. The van der Waals surface area contributed by atoms with Crippen molar-refractivity contribution in [1.82, 2.24) is 0 Å². The number of rotatable bonds is 2. The van der Waals surface area contributed by atoms with Gasteiger partial charge in [-0.15, -0.1) is 0 Å². The quantitative estimate of drug-likeness (QED) is 0.403. The molecule has 0 spiro atoms. The van der Waals surface area contributed by atoms with Gasteiger partial charge in [0.15, 0.2) is 0 Å². The van der Waals surface area contributed by atoms with Crippen molar-refractivity contribution < 1.29 is 49.5 Å². The summed E-state index contributed by atoms with van der Waals surface area (Å²) in [5.41, 5.74) is 0. The van der Waals surface area contributed by atoms with Crippen molar-refractivity contribution in [3.63, 3.8) is 0 Å². The number of carboxylic acid groups (broad SMARTS) is 2. The molecule has 0 unspecified atom stereocenters. The number of aliphatic carboxylic acids is 2. The van der Waals surface area contributed by atoms with Crippen LogP contribution in [0.3, 0.4) is 0 Å². The van der Waals surface area contributed by atoms with E-state index in [1.165, 1.54) is 0 Å². The fourth-order valence-electron chi connectivity index (χ4n) is 0. The van der Waals surface area contributed by atoms with Gasteiger partial charge in [0.25, 0.3) is 0 Å². The Labute approximate surface area is 75.2 Å². The minimum Gasteiger partial charge on any atom is -0.480 e. The summed E-state index contributed by atoms with van der Waals surface area (Å²) in [6, 6.07) is 0. The average molecular weight is 217 g/mol. The summed E-state index contributed by atoms with van der Waals surface area (Å²) in [5, 5.41) is 30.0. The molecule has 0 fully saturated rings. The fourth-order valence-corrected chi connectivity index (χ4v) is 0. The molecule has 6 nitrogen and oxygen atoms in total. The molecule has 0 aromatic heterocycles. The molecule has 0 radical (unpaired) electrons. The van der Waals surface area contributed by atoms with Crippen LogP contribution >= 0.6 is 0 Å². The molecule has 11 heavy (non-hydrogen) atoms. The second-order valence-corrected chi connectivity index (χ2v) is 1.10. The van der Waals surface area contributed by atoms with E-state index in [0.717, 1.165) is 0 Å². The van der Waals surface area contributed by atoms with Gasteiger partial charge in [0, 0.05) is 19.5 Å². The zero-order valence-corrected chi connectivity index (χ0v) is 8.69. The summed E-state index contributed by atoms with van der Waals surface area (Å²) in [6.07, 6.45) is 0. The number of aliphatic hydroxyl groups is 2. The molecule has 0 bridgehead atoms. The van der Waals surface area contributed by atoms with Crippen LogP contribution in [0, 0.1) is 0 Å². The summed E-state index contributed by atoms with van der Waals surface area (Å²) < 4.78 is 0. The van der Waals surface area contributed by atoms with E-state index in [1.54, 1.807) is 0 Å². The summed E-state index contributed by atoms with van der Waals surface area (Å²) in [5.74, 6) is -2.38. The molecule has 0 aliphatic rings. The normalized spacial score (nSPS) is 6.73. The van der Waals surface area contributed by atoms with Gasteiger partial charge in [0.2, 0.25) is 0 Å². The second kappa shape index (κ2) is 12.2. The van der Waals surface area contributed by atoms with Crippen molar-refractivity contribution in [1.29, 1.82) is 0 Å². The molecule has 0 amide bonds. The molecular weight excluding hydrogens is 209 g/mol. The van der Waals surface area contributed by atoms with E-state index in [2.05, 4.69) is 0 Å². The predicted octanol–water partition coefficient (Wildman–Crippen LogP) is -1.88. The third-order valence-electron chi connectivity index (χ3n) is 0.271. The van der Waals surface area contributed by atoms with Crippen molar-refractivity contribution >= 4 is 11.9 Å². The summed E-state index contributed by atoms with van der Waals surface area (Å²) in [7, 11) is 0. The molecule has 0 atom stereocenters. The van der Waals surface area contributed by atoms with Crippen LogP contribution in [0.4, 0.5) is 0 Å². The van der Waals surface area contributed by atoms with E-state index < -0.39 is 25.2 Å².